The van der Waals surface area contributed by atoms with Gasteiger partial charge in [0.05, 0.1) is 12.3 Å². The maximum absolute atomic E-state index is 12.5. The van der Waals surface area contributed by atoms with Crippen molar-refractivity contribution in [1.82, 2.24) is 9.59 Å². The van der Waals surface area contributed by atoms with Crippen molar-refractivity contribution in [1.29, 1.82) is 0 Å². The average molecular weight is 367 g/mol. The second-order valence-electron chi connectivity index (χ2n) is 5.05. The number of fused-ring (bicyclic) bond motifs is 1. The summed E-state index contributed by atoms with van der Waals surface area (Å²) >= 11 is 4.70. The smallest absolute Gasteiger partial charge is 0.180 e. The Labute approximate surface area is 135 Å². The normalized spacial score (nSPS) is 13.0. The molecular formula is C15H15BrN2O2S. The molecule has 0 saturated heterocycles. The Bertz CT molecular complexity index is 684. The second kappa shape index (κ2) is 6.23. The topological polar surface area (TPSA) is 52.1 Å². The molecule has 4 nitrogen and oxygen atoms in total. The van der Waals surface area contributed by atoms with Crippen molar-refractivity contribution in [3.05, 3.63) is 38.3 Å². The SMILES string of the molecule is CCCc1nnsc1C(=O)Cc1cc(Br)cc2c1OCC2. The minimum Gasteiger partial charge on any atom is -0.493 e. The Kier molecular flexibility index (Phi) is 4.35. The molecule has 1 aromatic heterocycles. The first-order chi connectivity index (χ1) is 10.2. The minimum absolute atomic E-state index is 0.0734. The van der Waals surface area contributed by atoms with E-state index in [0.29, 0.717) is 17.9 Å². The fraction of sp³-hybridized carbons (Fsp3) is 0.400. The number of carbonyl (C=O) groups is 1. The summed E-state index contributed by atoms with van der Waals surface area (Å²) in [4.78, 5) is 13.2. The van der Waals surface area contributed by atoms with Crippen LogP contribution < -0.4 is 4.74 Å². The molecule has 0 aliphatic carbocycles. The number of aromatic nitrogens is 2. The molecule has 0 radical (unpaired) electrons. The highest BCUT2D eigenvalue weighted by atomic mass is 79.9. The number of nitrogens with zero attached hydrogens (tertiary/aromatic N) is 2. The van der Waals surface area contributed by atoms with Gasteiger partial charge in [0.1, 0.15) is 10.6 Å². The molecule has 0 spiro atoms. The Morgan fingerprint density at radius 1 is 1.48 bits per heavy atom. The molecule has 3 rings (SSSR count). The van der Waals surface area contributed by atoms with Gasteiger partial charge in [-0.15, -0.1) is 5.10 Å². The number of Topliss-reactive ketones (excluding diaryl/α,β-unsaturated/α-hetero) is 1. The van der Waals surface area contributed by atoms with Crippen LogP contribution in [-0.2, 0) is 19.3 Å². The van der Waals surface area contributed by atoms with Gasteiger partial charge in [-0.05, 0) is 35.6 Å². The van der Waals surface area contributed by atoms with Gasteiger partial charge in [-0.2, -0.15) is 0 Å². The van der Waals surface area contributed by atoms with Gasteiger partial charge in [-0.3, -0.25) is 4.79 Å². The molecule has 1 aromatic carbocycles. The first-order valence-electron chi connectivity index (χ1n) is 6.97. The van der Waals surface area contributed by atoms with Gasteiger partial charge in [0.15, 0.2) is 5.78 Å². The van der Waals surface area contributed by atoms with E-state index in [-0.39, 0.29) is 5.78 Å². The Morgan fingerprint density at radius 3 is 3.14 bits per heavy atom. The Morgan fingerprint density at radius 2 is 2.33 bits per heavy atom. The monoisotopic (exact) mass is 366 g/mol. The number of halogens is 1. The van der Waals surface area contributed by atoms with Crippen molar-refractivity contribution in [2.24, 2.45) is 0 Å². The Balaban J connectivity index is 1.87. The van der Waals surface area contributed by atoms with Crippen LogP contribution in [0.5, 0.6) is 5.75 Å². The largest absolute Gasteiger partial charge is 0.493 e. The zero-order valence-corrected chi connectivity index (χ0v) is 14.1. The zero-order chi connectivity index (χ0) is 14.8. The molecular weight excluding hydrogens is 352 g/mol. The number of hydrogen-bond acceptors (Lipinski definition) is 5. The summed E-state index contributed by atoms with van der Waals surface area (Å²) in [6.07, 6.45) is 2.99. The first-order valence-corrected chi connectivity index (χ1v) is 8.54. The summed E-state index contributed by atoms with van der Waals surface area (Å²) in [5, 5.41) is 4.07. The quantitative estimate of drug-likeness (QED) is 0.758. The Hall–Kier alpha value is -1.27. The van der Waals surface area contributed by atoms with Crippen LogP contribution in [0.2, 0.25) is 0 Å². The van der Waals surface area contributed by atoms with Gasteiger partial charge in [-0.25, -0.2) is 0 Å². The third-order valence-electron chi connectivity index (χ3n) is 3.47. The van der Waals surface area contributed by atoms with Gasteiger partial charge >= 0.3 is 0 Å². The summed E-state index contributed by atoms with van der Waals surface area (Å²) < 4.78 is 10.6. The van der Waals surface area contributed by atoms with Crippen LogP contribution in [-0.4, -0.2) is 22.0 Å². The van der Waals surface area contributed by atoms with Crippen LogP contribution in [0.15, 0.2) is 16.6 Å². The number of hydrogen-bond donors (Lipinski definition) is 0. The summed E-state index contributed by atoms with van der Waals surface area (Å²) in [5.41, 5.74) is 2.93. The van der Waals surface area contributed by atoms with Crippen molar-refractivity contribution >= 4 is 33.2 Å². The maximum Gasteiger partial charge on any atom is 0.180 e. The summed E-state index contributed by atoms with van der Waals surface area (Å²) in [7, 11) is 0. The van der Waals surface area contributed by atoms with Crippen molar-refractivity contribution in [2.45, 2.75) is 32.6 Å². The minimum atomic E-state index is 0.0734. The van der Waals surface area contributed by atoms with Crippen molar-refractivity contribution in [2.75, 3.05) is 6.61 Å². The summed E-state index contributed by atoms with van der Waals surface area (Å²) in [5.74, 6) is 0.949. The fourth-order valence-electron chi connectivity index (χ4n) is 2.55. The zero-order valence-electron chi connectivity index (χ0n) is 11.7. The van der Waals surface area contributed by atoms with Gasteiger partial charge < -0.3 is 4.74 Å². The molecule has 6 heteroatoms. The molecule has 0 N–H and O–H groups in total. The molecule has 0 saturated carbocycles. The third kappa shape index (κ3) is 3.01. The van der Waals surface area contributed by atoms with Crippen molar-refractivity contribution in [3.63, 3.8) is 0 Å². The molecule has 0 bridgehead atoms. The molecule has 2 aromatic rings. The highest BCUT2D eigenvalue weighted by Gasteiger charge is 2.22. The van der Waals surface area contributed by atoms with E-state index in [2.05, 4.69) is 38.5 Å². The van der Waals surface area contributed by atoms with Crippen molar-refractivity contribution < 1.29 is 9.53 Å². The lowest BCUT2D eigenvalue weighted by Crippen LogP contribution is -2.06. The second-order valence-corrected chi connectivity index (χ2v) is 6.72. The van der Waals surface area contributed by atoms with E-state index >= 15 is 0 Å². The molecule has 0 fully saturated rings. The van der Waals surface area contributed by atoms with Crippen LogP contribution in [0.25, 0.3) is 0 Å². The molecule has 0 atom stereocenters. The molecule has 21 heavy (non-hydrogen) atoms. The lowest BCUT2D eigenvalue weighted by atomic mass is 10.0. The van der Waals surface area contributed by atoms with Gasteiger partial charge in [0, 0.05) is 22.9 Å². The molecule has 110 valence electrons. The van der Waals surface area contributed by atoms with Crippen LogP contribution in [0.3, 0.4) is 0 Å². The van der Waals surface area contributed by atoms with Crippen LogP contribution >= 0.6 is 27.5 Å². The van der Waals surface area contributed by atoms with E-state index < -0.39 is 0 Å². The van der Waals surface area contributed by atoms with E-state index in [1.807, 2.05) is 6.07 Å². The lowest BCUT2D eigenvalue weighted by Gasteiger charge is -2.08. The average Bonchev–Trinajstić information content (AvgIpc) is 3.07. The summed E-state index contributed by atoms with van der Waals surface area (Å²) in [6, 6.07) is 4.03. The van der Waals surface area contributed by atoms with Crippen molar-refractivity contribution in [3.8, 4) is 5.75 Å². The van der Waals surface area contributed by atoms with E-state index in [1.165, 1.54) is 17.1 Å². The molecule has 1 aliphatic rings. The maximum atomic E-state index is 12.5. The third-order valence-corrected chi connectivity index (χ3v) is 4.74. The fourth-order valence-corrected chi connectivity index (χ4v) is 3.75. The molecule has 2 heterocycles. The number of rotatable bonds is 5. The highest BCUT2D eigenvalue weighted by Crippen LogP contribution is 2.34. The lowest BCUT2D eigenvalue weighted by molar-refractivity contribution is 0.0995. The van der Waals surface area contributed by atoms with Gasteiger partial charge in [-0.1, -0.05) is 33.8 Å². The predicted octanol–water partition coefficient (Wildman–Crippen LogP) is 3.61. The van der Waals surface area contributed by atoms with E-state index in [4.69, 9.17) is 4.74 Å². The number of benzene rings is 1. The molecule has 1 aliphatic heterocycles. The highest BCUT2D eigenvalue weighted by molar-refractivity contribution is 9.10. The van der Waals surface area contributed by atoms with Crippen LogP contribution in [0.4, 0.5) is 0 Å². The number of carbonyl (C=O) groups excluding carboxylic acids is 1. The van der Waals surface area contributed by atoms with Crippen LogP contribution in [0.1, 0.15) is 39.8 Å². The number of ether oxygens (including phenoxy) is 1. The van der Waals surface area contributed by atoms with E-state index in [1.54, 1.807) is 0 Å². The van der Waals surface area contributed by atoms with Gasteiger partial charge in [0.25, 0.3) is 0 Å². The van der Waals surface area contributed by atoms with Gasteiger partial charge in [0.2, 0.25) is 0 Å². The van der Waals surface area contributed by atoms with Crippen LogP contribution in [0, 0.1) is 0 Å². The number of aryl methyl sites for hydroxylation is 1. The van der Waals surface area contributed by atoms with E-state index in [0.717, 1.165) is 40.7 Å². The van der Waals surface area contributed by atoms with E-state index in [9.17, 15) is 4.79 Å². The standard InChI is InChI=1S/C15H15BrN2O2S/c1-2-3-12-15(21-18-17-12)13(19)8-10-7-11(16)6-9-4-5-20-14(9)10/h6-7H,2-5,8H2,1H3. The first kappa shape index (κ1) is 14.7. The molecule has 0 unspecified atom stereocenters. The predicted molar refractivity (Wildman–Crippen MR) is 85.3 cm³/mol. The number of ketones is 1. The molecule has 0 amide bonds. The summed E-state index contributed by atoms with van der Waals surface area (Å²) in [6.45, 7) is 2.76.